The number of hydrogen-bond acceptors (Lipinski definition) is 5. The van der Waals surface area contributed by atoms with Gasteiger partial charge in [-0.2, -0.15) is 0 Å². The zero-order valence-corrected chi connectivity index (χ0v) is 17.0. The molecule has 0 bridgehead atoms. The Hall–Kier alpha value is -2.22. The van der Waals surface area contributed by atoms with Gasteiger partial charge in [0, 0.05) is 43.3 Å². The molecule has 28 heavy (non-hydrogen) atoms. The van der Waals surface area contributed by atoms with Crippen LogP contribution in [-0.2, 0) is 9.84 Å². The molecule has 3 rings (SSSR count). The number of hydrogen-bond donors (Lipinski definition) is 0. The monoisotopic (exact) mass is 409 g/mol. The summed E-state index contributed by atoms with van der Waals surface area (Å²) < 4.78 is 49.3. The summed E-state index contributed by atoms with van der Waals surface area (Å²) in [7, 11) is -3.27. The van der Waals surface area contributed by atoms with E-state index in [9.17, 15) is 17.2 Å². The van der Waals surface area contributed by atoms with Crippen LogP contribution in [0, 0.1) is 5.92 Å². The van der Waals surface area contributed by atoms with E-state index in [4.69, 9.17) is 0 Å². The van der Waals surface area contributed by atoms with Crippen LogP contribution < -0.4 is 9.80 Å². The van der Waals surface area contributed by atoms with E-state index in [0.29, 0.717) is 36.3 Å². The first-order valence-corrected chi connectivity index (χ1v) is 11.1. The van der Waals surface area contributed by atoms with Gasteiger partial charge in [0.05, 0.1) is 10.9 Å². The fourth-order valence-corrected chi connectivity index (χ4v) is 4.17. The molecule has 0 radical (unpaired) electrons. The summed E-state index contributed by atoms with van der Waals surface area (Å²) in [6, 6.07) is 10.2. The van der Waals surface area contributed by atoms with Gasteiger partial charge in [-0.25, -0.2) is 22.2 Å². The molecule has 1 atom stereocenters. The number of pyridine rings is 1. The Labute approximate surface area is 164 Å². The van der Waals surface area contributed by atoms with Crippen molar-refractivity contribution in [1.29, 1.82) is 0 Å². The Morgan fingerprint density at radius 1 is 1.14 bits per heavy atom. The first kappa shape index (κ1) is 20.5. The second-order valence-electron chi connectivity index (χ2n) is 7.47. The van der Waals surface area contributed by atoms with Gasteiger partial charge < -0.3 is 9.80 Å². The summed E-state index contributed by atoms with van der Waals surface area (Å²) in [6.07, 6.45) is -0.0869. The molecule has 0 saturated carbocycles. The number of alkyl halides is 2. The standard InChI is InChI=1S/C20H25F2N3O2S/c1-14(2)18-13-24(16-5-4-6-17(11-16)28(3,26)27)9-10-25(18)19-8-7-15(12-23-19)20(21)22/h4-8,11-12,14,18,20H,9-10,13H2,1-3H3/t18-/m0/s1. The van der Waals surface area contributed by atoms with E-state index in [1.54, 1.807) is 24.3 Å². The van der Waals surface area contributed by atoms with Crippen molar-refractivity contribution in [3.8, 4) is 0 Å². The van der Waals surface area contributed by atoms with Gasteiger partial charge in [0.25, 0.3) is 6.43 Å². The van der Waals surface area contributed by atoms with Crippen molar-refractivity contribution >= 4 is 21.3 Å². The van der Waals surface area contributed by atoms with Gasteiger partial charge in [-0.15, -0.1) is 0 Å². The highest BCUT2D eigenvalue weighted by atomic mass is 32.2. The summed E-state index contributed by atoms with van der Waals surface area (Å²) in [5.74, 6) is 0.991. The molecule has 1 aliphatic heterocycles. The van der Waals surface area contributed by atoms with Gasteiger partial charge >= 0.3 is 0 Å². The average Bonchev–Trinajstić information content (AvgIpc) is 2.67. The van der Waals surface area contributed by atoms with Crippen LogP contribution in [-0.4, -0.2) is 45.3 Å². The second kappa shape index (κ2) is 8.03. The third-order valence-electron chi connectivity index (χ3n) is 5.12. The van der Waals surface area contributed by atoms with Crippen LogP contribution in [0.25, 0.3) is 0 Å². The highest BCUT2D eigenvalue weighted by molar-refractivity contribution is 7.90. The third-order valence-corrected chi connectivity index (χ3v) is 6.23. The maximum absolute atomic E-state index is 12.8. The topological polar surface area (TPSA) is 53.5 Å². The minimum absolute atomic E-state index is 0.0823. The largest absolute Gasteiger partial charge is 0.368 e. The molecular weight excluding hydrogens is 384 g/mol. The Morgan fingerprint density at radius 3 is 2.46 bits per heavy atom. The molecular formula is C20H25F2N3O2S. The zero-order valence-electron chi connectivity index (χ0n) is 16.2. The lowest BCUT2D eigenvalue weighted by atomic mass is 9.99. The molecule has 0 N–H and O–H groups in total. The molecule has 5 nitrogen and oxygen atoms in total. The predicted octanol–water partition coefficient (Wildman–Crippen LogP) is 3.77. The van der Waals surface area contributed by atoms with Gasteiger partial charge in [-0.05, 0) is 36.2 Å². The van der Waals surface area contributed by atoms with Crippen LogP contribution in [0.1, 0.15) is 25.8 Å². The van der Waals surface area contributed by atoms with Crippen LogP contribution in [0.5, 0.6) is 0 Å². The molecule has 1 aromatic carbocycles. The van der Waals surface area contributed by atoms with Crippen LogP contribution in [0.15, 0.2) is 47.5 Å². The fourth-order valence-electron chi connectivity index (χ4n) is 3.51. The van der Waals surface area contributed by atoms with E-state index < -0.39 is 16.3 Å². The number of halogens is 2. The molecule has 0 spiro atoms. The molecule has 8 heteroatoms. The average molecular weight is 410 g/mol. The van der Waals surface area contributed by atoms with E-state index >= 15 is 0 Å². The summed E-state index contributed by atoms with van der Waals surface area (Å²) in [4.78, 5) is 8.87. The van der Waals surface area contributed by atoms with Crippen molar-refractivity contribution in [2.75, 3.05) is 35.7 Å². The summed E-state index contributed by atoms with van der Waals surface area (Å²) in [6.45, 7) is 6.29. The van der Waals surface area contributed by atoms with Gasteiger partial charge in [-0.3, -0.25) is 0 Å². The zero-order chi connectivity index (χ0) is 20.5. The van der Waals surface area contributed by atoms with Crippen LogP contribution in [0.3, 0.4) is 0 Å². The van der Waals surface area contributed by atoms with Crippen molar-refractivity contribution in [3.63, 3.8) is 0 Å². The fraction of sp³-hybridized carbons (Fsp3) is 0.450. The number of sulfone groups is 1. The lowest BCUT2D eigenvalue weighted by Gasteiger charge is -2.45. The Bertz CT molecular complexity index is 917. The minimum Gasteiger partial charge on any atom is -0.368 e. The second-order valence-corrected chi connectivity index (χ2v) is 9.49. The quantitative estimate of drug-likeness (QED) is 0.752. The number of piperazine rings is 1. The lowest BCUT2D eigenvalue weighted by Crippen LogP contribution is -2.55. The molecule has 1 aromatic heterocycles. The smallest absolute Gasteiger partial charge is 0.265 e. The summed E-state index contributed by atoms with van der Waals surface area (Å²) >= 11 is 0. The maximum Gasteiger partial charge on any atom is 0.265 e. The number of aromatic nitrogens is 1. The minimum atomic E-state index is -3.27. The van der Waals surface area contributed by atoms with Crippen LogP contribution in [0.4, 0.5) is 20.3 Å². The molecule has 152 valence electrons. The van der Waals surface area contributed by atoms with E-state index in [1.807, 2.05) is 6.07 Å². The highest BCUT2D eigenvalue weighted by Gasteiger charge is 2.30. The normalized spacial score (nSPS) is 18.2. The highest BCUT2D eigenvalue weighted by Crippen LogP contribution is 2.28. The van der Waals surface area contributed by atoms with Crippen molar-refractivity contribution in [1.82, 2.24) is 4.98 Å². The van der Waals surface area contributed by atoms with E-state index in [1.165, 1.54) is 18.5 Å². The molecule has 1 saturated heterocycles. The molecule has 1 aliphatic rings. The molecule has 2 aromatic rings. The Kier molecular flexibility index (Phi) is 5.88. The molecule has 0 unspecified atom stereocenters. The molecule has 0 aliphatic carbocycles. The number of nitrogens with zero attached hydrogens (tertiary/aromatic N) is 3. The Balaban J connectivity index is 1.83. The first-order chi connectivity index (χ1) is 13.2. The van der Waals surface area contributed by atoms with Crippen molar-refractivity contribution in [2.24, 2.45) is 5.92 Å². The SMILES string of the molecule is CC(C)[C@@H]1CN(c2cccc(S(C)(=O)=O)c2)CCN1c1ccc(C(F)F)cn1. The van der Waals surface area contributed by atoms with E-state index in [2.05, 4.69) is 28.6 Å². The molecule has 2 heterocycles. The number of rotatable bonds is 5. The van der Waals surface area contributed by atoms with Gasteiger partial charge in [0.15, 0.2) is 9.84 Å². The lowest BCUT2D eigenvalue weighted by molar-refractivity contribution is 0.151. The van der Waals surface area contributed by atoms with Crippen LogP contribution in [0.2, 0.25) is 0 Å². The predicted molar refractivity (Wildman–Crippen MR) is 107 cm³/mol. The van der Waals surface area contributed by atoms with Crippen molar-refractivity contribution < 1.29 is 17.2 Å². The van der Waals surface area contributed by atoms with E-state index in [-0.39, 0.29) is 11.6 Å². The van der Waals surface area contributed by atoms with Gasteiger partial charge in [0.1, 0.15) is 5.82 Å². The number of anilines is 2. The first-order valence-electron chi connectivity index (χ1n) is 9.22. The summed E-state index contributed by atoms with van der Waals surface area (Å²) in [5.41, 5.74) is 0.787. The number of benzene rings is 1. The van der Waals surface area contributed by atoms with Crippen molar-refractivity contribution in [3.05, 3.63) is 48.2 Å². The van der Waals surface area contributed by atoms with Gasteiger partial charge in [-0.1, -0.05) is 19.9 Å². The summed E-state index contributed by atoms with van der Waals surface area (Å²) in [5, 5.41) is 0. The molecule has 1 fully saturated rings. The third kappa shape index (κ3) is 4.43. The van der Waals surface area contributed by atoms with Crippen molar-refractivity contribution in [2.45, 2.75) is 31.2 Å². The van der Waals surface area contributed by atoms with Crippen LogP contribution >= 0.6 is 0 Å². The molecule has 0 amide bonds. The maximum atomic E-state index is 12.8. The van der Waals surface area contributed by atoms with E-state index in [0.717, 1.165) is 5.69 Å². The van der Waals surface area contributed by atoms with Gasteiger partial charge in [0.2, 0.25) is 0 Å². The Morgan fingerprint density at radius 2 is 1.89 bits per heavy atom.